The summed E-state index contributed by atoms with van der Waals surface area (Å²) < 4.78 is 5.84. The van der Waals surface area contributed by atoms with E-state index < -0.39 is 0 Å². The highest BCUT2D eigenvalue weighted by Crippen LogP contribution is 2.34. The Morgan fingerprint density at radius 2 is 1.73 bits per heavy atom. The normalized spacial score (nSPS) is 39.2. The van der Waals surface area contributed by atoms with E-state index in [1.165, 1.54) is 57.9 Å². The van der Waals surface area contributed by atoms with E-state index in [0.717, 1.165) is 18.7 Å². The van der Waals surface area contributed by atoms with Crippen LogP contribution in [0.25, 0.3) is 0 Å². The number of hydrogen-bond acceptors (Lipinski definition) is 2. The highest BCUT2D eigenvalue weighted by atomic mass is 16.5. The topological polar surface area (TPSA) is 12.5 Å². The predicted molar refractivity (Wildman–Crippen MR) is 61.0 cm³/mol. The van der Waals surface area contributed by atoms with Crippen LogP contribution in [0, 0.1) is 0 Å². The van der Waals surface area contributed by atoms with Crippen LogP contribution in [-0.2, 0) is 4.74 Å². The summed E-state index contributed by atoms with van der Waals surface area (Å²) in [6.45, 7) is 2.36. The minimum atomic E-state index is 0.584. The second-order valence-corrected chi connectivity index (χ2v) is 5.44. The van der Waals surface area contributed by atoms with Crippen LogP contribution < -0.4 is 0 Å². The molecule has 1 saturated carbocycles. The Bertz CT molecular complexity index is 207. The van der Waals surface area contributed by atoms with Crippen LogP contribution in [0.5, 0.6) is 0 Å². The molecule has 2 heterocycles. The average Bonchev–Trinajstić information content (AvgIpc) is 2.71. The lowest BCUT2D eigenvalue weighted by molar-refractivity contribution is -0.0584. The van der Waals surface area contributed by atoms with Gasteiger partial charge in [-0.2, -0.15) is 0 Å². The highest BCUT2D eigenvalue weighted by Gasteiger charge is 2.40. The van der Waals surface area contributed by atoms with Crippen molar-refractivity contribution in [3.05, 3.63) is 0 Å². The molecule has 15 heavy (non-hydrogen) atoms. The molecule has 0 amide bonds. The van der Waals surface area contributed by atoms with Gasteiger partial charge >= 0.3 is 0 Å². The summed E-state index contributed by atoms with van der Waals surface area (Å²) in [5.74, 6) is 0. The zero-order valence-corrected chi connectivity index (χ0v) is 9.66. The van der Waals surface area contributed by atoms with Gasteiger partial charge in [-0.3, -0.25) is 4.90 Å². The lowest BCUT2D eigenvalue weighted by Crippen LogP contribution is -2.58. The van der Waals surface area contributed by atoms with Gasteiger partial charge in [-0.1, -0.05) is 19.3 Å². The first-order chi connectivity index (χ1) is 7.45. The number of nitrogens with zero attached hydrogens (tertiary/aromatic N) is 1. The number of hydrogen-bond donors (Lipinski definition) is 0. The van der Waals surface area contributed by atoms with E-state index in [0.29, 0.717) is 6.10 Å². The van der Waals surface area contributed by atoms with Crippen LogP contribution in [0.4, 0.5) is 0 Å². The Morgan fingerprint density at radius 1 is 0.867 bits per heavy atom. The second-order valence-electron chi connectivity index (χ2n) is 5.44. The van der Waals surface area contributed by atoms with Crippen molar-refractivity contribution in [3.63, 3.8) is 0 Å². The van der Waals surface area contributed by atoms with Gasteiger partial charge in [0.05, 0.1) is 6.10 Å². The number of likely N-dealkylation sites (tertiary alicyclic amines) is 1. The third-order valence-corrected chi connectivity index (χ3v) is 4.55. The minimum absolute atomic E-state index is 0.584. The molecule has 2 heteroatoms. The van der Waals surface area contributed by atoms with Crippen LogP contribution in [0.15, 0.2) is 0 Å². The summed E-state index contributed by atoms with van der Waals surface area (Å²) in [6.07, 6.45) is 11.9. The molecule has 86 valence electrons. The van der Waals surface area contributed by atoms with Gasteiger partial charge in [0.2, 0.25) is 0 Å². The summed E-state index contributed by atoms with van der Waals surface area (Å²) >= 11 is 0. The molecular weight excluding hydrogens is 186 g/mol. The standard InChI is InChI=1S/C13H23NO/c1-2-5-11(6-3-1)14-9-8-12(14)13-7-4-10-15-13/h11-13H,1-10H2. The van der Waals surface area contributed by atoms with Gasteiger partial charge in [0, 0.05) is 25.2 Å². The second kappa shape index (κ2) is 4.42. The first-order valence-electron chi connectivity index (χ1n) is 6.82. The van der Waals surface area contributed by atoms with Crippen LogP contribution >= 0.6 is 0 Å². The first-order valence-corrected chi connectivity index (χ1v) is 6.82. The van der Waals surface area contributed by atoms with Crippen molar-refractivity contribution in [2.75, 3.05) is 13.2 Å². The molecule has 2 saturated heterocycles. The summed E-state index contributed by atoms with van der Waals surface area (Å²) in [6, 6.07) is 1.69. The summed E-state index contributed by atoms with van der Waals surface area (Å²) in [5.41, 5.74) is 0. The van der Waals surface area contributed by atoms with E-state index in [4.69, 9.17) is 4.74 Å². The zero-order valence-electron chi connectivity index (χ0n) is 9.66. The van der Waals surface area contributed by atoms with Crippen LogP contribution in [-0.4, -0.2) is 36.2 Å². The molecule has 3 rings (SSSR count). The Morgan fingerprint density at radius 3 is 2.33 bits per heavy atom. The molecule has 1 aliphatic carbocycles. The molecule has 3 fully saturated rings. The molecule has 2 unspecified atom stereocenters. The number of rotatable bonds is 2. The van der Waals surface area contributed by atoms with Gasteiger partial charge in [-0.05, 0) is 32.1 Å². The Hall–Kier alpha value is -0.0800. The van der Waals surface area contributed by atoms with Crippen molar-refractivity contribution < 1.29 is 4.74 Å². The largest absolute Gasteiger partial charge is 0.377 e. The molecule has 0 aromatic carbocycles. The molecule has 2 atom stereocenters. The first kappa shape index (κ1) is 10.1. The maximum Gasteiger partial charge on any atom is 0.0731 e. The summed E-state index contributed by atoms with van der Waals surface area (Å²) in [5, 5.41) is 0. The van der Waals surface area contributed by atoms with Gasteiger partial charge in [-0.25, -0.2) is 0 Å². The average molecular weight is 209 g/mol. The Labute approximate surface area is 93.0 Å². The SMILES string of the molecule is C1CCC(N2CCC2C2CCCO2)CC1. The predicted octanol–water partition coefficient (Wildman–Crippen LogP) is 2.57. The maximum atomic E-state index is 5.84. The minimum Gasteiger partial charge on any atom is -0.377 e. The third kappa shape index (κ3) is 1.94. The molecule has 0 radical (unpaired) electrons. The van der Waals surface area contributed by atoms with E-state index in [1.807, 2.05) is 0 Å². The van der Waals surface area contributed by atoms with E-state index in [1.54, 1.807) is 0 Å². The third-order valence-electron chi connectivity index (χ3n) is 4.55. The fourth-order valence-electron chi connectivity index (χ4n) is 3.60. The monoisotopic (exact) mass is 209 g/mol. The van der Waals surface area contributed by atoms with E-state index in [9.17, 15) is 0 Å². The summed E-state index contributed by atoms with van der Waals surface area (Å²) in [4.78, 5) is 2.76. The Balaban J connectivity index is 1.56. The van der Waals surface area contributed by atoms with Gasteiger partial charge in [0.25, 0.3) is 0 Å². The van der Waals surface area contributed by atoms with Crippen molar-refractivity contribution in [3.8, 4) is 0 Å². The smallest absolute Gasteiger partial charge is 0.0731 e. The van der Waals surface area contributed by atoms with Gasteiger partial charge in [0.1, 0.15) is 0 Å². The molecule has 2 aliphatic heterocycles. The van der Waals surface area contributed by atoms with Crippen molar-refractivity contribution in [1.29, 1.82) is 0 Å². The van der Waals surface area contributed by atoms with E-state index >= 15 is 0 Å². The quantitative estimate of drug-likeness (QED) is 0.693. The number of ether oxygens (including phenoxy) is 1. The van der Waals surface area contributed by atoms with Crippen LogP contribution in [0.3, 0.4) is 0 Å². The molecule has 0 bridgehead atoms. The maximum absolute atomic E-state index is 5.84. The van der Waals surface area contributed by atoms with Gasteiger partial charge in [-0.15, -0.1) is 0 Å². The molecule has 3 aliphatic rings. The van der Waals surface area contributed by atoms with Gasteiger partial charge in [0.15, 0.2) is 0 Å². The van der Waals surface area contributed by atoms with Crippen LogP contribution in [0.1, 0.15) is 51.4 Å². The van der Waals surface area contributed by atoms with E-state index in [-0.39, 0.29) is 0 Å². The molecule has 0 spiro atoms. The Kier molecular flexibility index (Phi) is 2.98. The van der Waals surface area contributed by atoms with Gasteiger partial charge < -0.3 is 4.74 Å². The zero-order chi connectivity index (χ0) is 10.1. The molecule has 2 nitrogen and oxygen atoms in total. The fraction of sp³-hybridized carbons (Fsp3) is 1.00. The summed E-state index contributed by atoms with van der Waals surface area (Å²) in [7, 11) is 0. The van der Waals surface area contributed by atoms with Crippen molar-refractivity contribution in [2.45, 2.75) is 69.6 Å². The highest BCUT2D eigenvalue weighted by molar-refractivity contribution is 4.95. The lowest BCUT2D eigenvalue weighted by Gasteiger charge is -2.49. The molecule has 0 N–H and O–H groups in total. The van der Waals surface area contributed by atoms with Crippen LogP contribution in [0.2, 0.25) is 0 Å². The van der Waals surface area contributed by atoms with Crippen molar-refractivity contribution >= 4 is 0 Å². The molecular formula is C13H23NO. The fourth-order valence-corrected chi connectivity index (χ4v) is 3.60. The van der Waals surface area contributed by atoms with Crippen molar-refractivity contribution in [1.82, 2.24) is 4.90 Å². The molecule has 0 aromatic rings. The van der Waals surface area contributed by atoms with E-state index in [2.05, 4.69) is 4.90 Å². The van der Waals surface area contributed by atoms with Crippen molar-refractivity contribution in [2.24, 2.45) is 0 Å². The molecule has 0 aromatic heterocycles. The lowest BCUT2D eigenvalue weighted by atomic mass is 9.87.